The van der Waals surface area contributed by atoms with E-state index in [4.69, 9.17) is 4.74 Å². The maximum atomic E-state index is 5.83. The summed E-state index contributed by atoms with van der Waals surface area (Å²) in [5.41, 5.74) is 0. The van der Waals surface area contributed by atoms with Crippen LogP contribution in [0.4, 0.5) is 0 Å². The highest BCUT2D eigenvalue weighted by molar-refractivity contribution is 7.09. The van der Waals surface area contributed by atoms with Gasteiger partial charge in [-0.3, -0.25) is 0 Å². The van der Waals surface area contributed by atoms with Gasteiger partial charge in [0.15, 0.2) is 0 Å². The zero-order valence-corrected chi connectivity index (χ0v) is 13.4. The number of thiophene rings is 1. The van der Waals surface area contributed by atoms with Crippen molar-refractivity contribution in [3.8, 4) is 5.75 Å². The number of benzene rings is 1. The molecule has 0 fully saturated rings. The molecule has 0 aliphatic heterocycles. The van der Waals surface area contributed by atoms with Crippen molar-refractivity contribution in [1.82, 2.24) is 0 Å². The number of rotatable bonds is 10. The van der Waals surface area contributed by atoms with Crippen LogP contribution in [0.2, 0.25) is 0 Å². The molecule has 1 aromatic carbocycles. The van der Waals surface area contributed by atoms with Crippen molar-refractivity contribution in [2.24, 2.45) is 0 Å². The second-order valence-corrected chi connectivity index (χ2v) is 6.23. The first-order valence-corrected chi connectivity index (χ1v) is 8.93. The first-order chi connectivity index (χ1) is 9.90. The predicted octanol–water partition coefficient (Wildman–Crippen LogP) is 6.42. The fourth-order valence-electron chi connectivity index (χ4n) is 2.46. The van der Waals surface area contributed by atoms with E-state index in [-0.39, 0.29) is 0 Å². The van der Waals surface area contributed by atoms with Crippen LogP contribution < -0.4 is 4.74 Å². The summed E-state index contributed by atoms with van der Waals surface area (Å²) in [6, 6.07) is 6.38. The Morgan fingerprint density at radius 3 is 2.35 bits per heavy atom. The van der Waals surface area contributed by atoms with Gasteiger partial charge in [0, 0.05) is 0 Å². The Kier molecular flexibility index (Phi) is 6.93. The second kappa shape index (κ2) is 9.02. The monoisotopic (exact) mass is 290 g/mol. The average Bonchev–Trinajstić information content (AvgIpc) is 2.93. The van der Waals surface area contributed by atoms with Crippen molar-refractivity contribution in [3.63, 3.8) is 0 Å². The highest BCUT2D eigenvalue weighted by atomic mass is 32.1. The molecule has 1 nitrogen and oxygen atoms in total. The molecule has 1 heterocycles. The van der Waals surface area contributed by atoms with Crippen molar-refractivity contribution in [3.05, 3.63) is 29.0 Å². The first-order valence-electron chi connectivity index (χ1n) is 7.99. The number of hydrogen-bond donors (Lipinski definition) is 0. The summed E-state index contributed by atoms with van der Waals surface area (Å²) in [5, 5.41) is 6.97. The van der Waals surface area contributed by atoms with Crippen molar-refractivity contribution in [1.29, 1.82) is 0 Å². The molecule has 0 radical (unpaired) electrons. The van der Waals surface area contributed by atoms with Gasteiger partial charge in [0.05, 0.1) is 6.61 Å². The largest absolute Gasteiger partial charge is 0.494 e. The Labute approximate surface area is 127 Å². The second-order valence-electron chi connectivity index (χ2n) is 5.49. The summed E-state index contributed by atoms with van der Waals surface area (Å²) in [6.07, 6.45) is 10.8. The lowest BCUT2D eigenvalue weighted by Gasteiger charge is -2.06. The predicted molar refractivity (Wildman–Crippen MR) is 89.9 cm³/mol. The van der Waals surface area contributed by atoms with Gasteiger partial charge in [0.2, 0.25) is 0 Å². The molecule has 0 atom stereocenters. The van der Waals surface area contributed by atoms with Gasteiger partial charge in [0.1, 0.15) is 5.75 Å². The van der Waals surface area contributed by atoms with Gasteiger partial charge in [0.25, 0.3) is 0 Å². The molecular weight excluding hydrogens is 264 g/mol. The zero-order chi connectivity index (χ0) is 14.0. The van der Waals surface area contributed by atoms with E-state index in [0.29, 0.717) is 0 Å². The lowest BCUT2D eigenvalue weighted by molar-refractivity contribution is 0.304. The van der Waals surface area contributed by atoms with Gasteiger partial charge in [-0.1, -0.05) is 51.9 Å². The number of fused-ring (bicyclic) bond motifs is 1. The minimum atomic E-state index is 0.852. The van der Waals surface area contributed by atoms with Gasteiger partial charge in [-0.05, 0) is 46.2 Å². The van der Waals surface area contributed by atoms with Crippen LogP contribution in [-0.2, 0) is 0 Å². The van der Waals surface area contributed by atoms with Crippen LogP contribution in [0.1, 0.15) is 58.3 Å². The minimum absolute atomic E-state index is 0.852. The maximum absolute atomic E-state index is 5.83. The molecule has 0 saturated heterocycles. The molecule has 0 unspecified atom stereocenters. The Bertz CT molecular complexity index is 489. The van der Waals surface area contributed by atoms with Crippen molar-refractivity contribution in [2.75, 3.05) is 6.61 Å². The topological polar surface area (TPSA) is 9.23 Å². The third kappa shape index (κ3) is 5.16. The van der Waals surface area contributed by atoms with Gasteiger partial charge >= 0.3 is 0 Å². The van der Waals surface area contributed by atoms with E-state index < -0.39 is 0 Å². The van der Waals surface area contributed by atoms with E-state index in [1.807, 2.05) is 0 Å². The molecule has 0 spiro atoms. The molecule has 2 aromatic rings. The average molecular weight is 290 g/mol. The third-order valence-electron chi connectivity index (χ3n) is 3.71. The highest BCUT2D eigenvalue weighted by Crippen LogP contribution is 2.24. The van der Waals surface area contributed by atoms with E-state index in [1.54, 1.807) is 11.3 Å². The summed E-state index contributed by atoms with van der Waals surface area (Å²) in [7, 11) is 0. The van der Waals surface area contributed by atoms with Gasteiger partial charge < -0.3 is 4.74 Å². The summed E-state index contributed by atoms with van der Waals surface area (Å²) in [5.74, 6) is 1.01. The van der Waals surface area contributed by atoms with Crippen LogP contribution in [0.15, 0.2) is 29.0 Å². The van der Waals surface area contributed by atoms with Crippen LogP contribution in [-0.4, -0.2) is 6.61 Å². The standard InChI is InChI=1S/C18H26OS/c1-2-3-4-5-6-7-8-9-12-19-18-11-10-16-14-20-15-17(16)13-18/h10-11,13-15H,2-9,12H2,1H3. The summed E-state index contributed by atoms with van der Waals surface area (Å²) < 4.78 is 5.83. The Morgan fingerprint density at radius 2 is 1.55 bits per heavy atom. The van der Waals surface area contributed by atoms with Gasteiger partial charge in [-0.25, -0.2) is 0 Å². The number of hydrogen-bond acceptors (Lipinski definition) is 2. The first kappa shape index (κ1) is 15.4. The molecule has 0 N–H and O–H groups in total. The molecule has 0 bridgehead atoms. The summed E-state index contributed by atoms with van der Waals surface area (Å²) >= 11 is 1.75. The van der Waals surface area contributed by atoms with Gasteiger partial charge in [-0.15, -0.1) is 0 Å². The van der Waals surface area contributed by atoms with Crippen molar-refractivity contribution < 1.29 is 4.74 Å². The van der Waals surface area contributed by atoms with Crippen molar-refractivity contribution >= 4 is 22.1 Å². The van der Waals surface area contributed by atoms with Crippen LogP contribution in [0.25, 0.3) is 10.8 Å². The molecule has 110 valence electrons. The summed E-state index contributed by atoms with van der Waals surface area (Å²) in [4.78, 5) is 0. The van der Waals surface area contributed by atoms with Crippen molar-refractivity contribution in [2.45, 2.75) is 58.3 Å². The molecule has 2 rings (SSSR count). The van der Waals surface area contributed by atoms with Crippen LogP contribution >= 0.6 is 11.3 Å². The molecule has 1 aromatic heterocycles. The fraction of sp³-hybridized carbons (Fsp3) is 0.556. The lowest BCUT2D eigenvalue weighted by atomic mass is 10.1. The highest BCUT2D eigenvalue weighted by Gasteiger charge is 1.98. The van der Waals surface area contributed by atoms with E-state index in [2.05, 4.69) is 35.9 Å². The molecular formula is C18H26OS. The smallest absolute Gasteiger partial charge is 0.119 e. The summed E-state index contributed by atoms with van der Waals surface area (Å²) in [6.45, 7) is 3.12. The molecule has 20 heavy (non-hydrogen) atoms. The Morgan fingerprint density at radius 1 is 0.850 bits per heavy atom. The Balaban J connectivity index is 1.54. The Hall–Kier alpha value is -1.02. The maximum Gasteiger partial charge on any atom is 0.119 e. The normalized spacial score (nSPS) is 11.1. The quantitative estimate of drug-likeness (QED) is 0.459. The SMILES string of the molecule is CCCCCCCCCCOc1ccc2cscc2c1. The van der Waals surface area contributed by atoms with Crippen LogP contribution in [0.5, 0.6) is 5.75 Å². The third-order valence-corrected chi connectivity index (χ3v) is 4.49. The number of ether oxygens (including phenoxy) is 1. The van der Waals surface area contributed by atoms with E-state index >= 15 is 0 Å². The minimum Gasteiger partial charge on any atom is -0.494 e. The van der Waals surface area contributed by atoms with Crippen LogP contribution in [0, 0.1) is 0 Å². The molecule has 0 amide bonds. The number of unbranched alkanes of at least 4 members (excludes halogenated alkanes) is 7. The fourth-order valence-corrected chi connectivity index (χ4v) is 3.24. The van der Waals surface area contributed by atoms with Crippen LogP contribution in [0.3, 0.4) is 0 Å². The lowest BCUT2D eigenvalue weighted by Crippen LogP contribution is -1.97. The van der Waals surface area contributed by atoms with E-state index in [9.17, 15) is 0 Å². The molecule has 2 heteroatoms. The zero-order valence-electron chi connectivity index (χ0n) is 12.6. The van der Waals surface area contributed by atoms with Gasteiger partial charge in [-0.2, -0.15) is 11.3 Å². The van der Waals surface area contributed by atoms with E-state index in [1.165, 1.54) is 62.1 Å². The van der Waals surface area contributed by atoms with E-state index in [0.717, 1.165) is 12.4 Å². The molecule has 0 saturated carbocycles. The molecule has 0 aliphatic carbocycles. The molecule has 0 aliphatic rings.